The minimum absolute atomic E-state index is 0.118. The van der Waals surface area contributed by atoms with Gasteiger partial charge in [0, 0.05) is 34.8 Å². The van der Waals surface area contributed by atoms with Crippen molar-refractivity contribution in [1.29, 1.82) is 0 Å². The molecule has 0 saturated heterocycles. The smallest absolute Gasteiger partial charge is 0.407 e. The molecule has 37 heavy (non-hydrogen) atoms. The Labute approximate surface area is 222 Å². The number of carbonyl (C=O) groups excluding carboxylic acids is 3. The van der Waals surface area contributed by atoms with E-state index in [1.165, 1.54) is 0 Å². The lowest BCUT2D eigenvalue weighted by Gasteiger charge is -2.19. The number of unbranched alkanes of at least 4 members (excludes halogenated alkanes) is 1. The van der Waals surface area contributed by atoms with E-state index in [1.54, 1.807) is 42.0 Å². The fourth-order valence-corrected chi connectivity index (χ4v) is 4.13. The number of aromatic nitrogens is 1. The summed E-state index contributed by atoms with van der Waals surface area (Å²) in [6.07, 6.45) is 1.06. The van der Waals surface area contributed by atoms with Gasteiger partial charge >= 0.3 is 6.09 Å². The summed E-state index contributed by atoms with van der Waals surface area (Å²) in [5.74, 6) is 0.292. The van der Waals surface area contributed by atoms with Gasteiger partial charge in [-0.05, 0) is 88.6 Å². The average molecular weight is 528 g/mol. The van der Waals surface area contributed by atoms with E-state index in [4.69, 9.17) is 21.1 Å². The highest BCUT2D eigenvalue weighted by molar-refractivity contribution is 6.30. The number of carbonyl (C=O) groups is 3. The summed E-state index contributed by atoms with van der Waals surface area (Å²) < 4.78 is 12.2. The van der Waals surface area contributed by atoms with Gasteiger partial charge in [0.25, 0.3) is 5.91 Å². The van der Waals surface area contributed by atoms with Crippen LogP contribution in [0.2, 0.25) is 5.02 Å². The minimum Gasteiger partial charge on any atom is -0.497 e. The Bertz CT molecular complexity index is 1280. The first-order valence-corrected chi connectivity index (χ1v) is 12.6. The molecule has 0 atom stereocenters. The highest BCUT2D eigenvalue weighted by atomic mass is 35.5. The second-order valence-electron chi connectivity index (χ2n) is 9.76. The second-order valence-corrected chi connectivity index (χ2v) is 10.2. The zero-order valence-corrected chi connectivity index (χ0v) is 22.7. The van der Waals surface area contributed by atoms with Crippen LogP contribution >= 0.6 is 11.6 Å². The molecule has 8 nitrogen and oxygen atoms in total. The molecule has 1 aromatic heterocycles. The summed E-state index contributed by atoms with van der Waals surface area (Å²) in [6, 6.07) is 12.2. The molecule has 2 amide bonds. The number of methoxy groups -OCH3 is 1. The Morgan fingerprint density at radius 1 is 0.973 bits per heavy atom. The predicted octanol–water partition coefficient (Wildman–Crippen LogP) is 5.26. The summed E-state index contributed by atoms with van der Waals surface area (Å²) in [4.78, 5) is 37.9. The lowest BCUT2D eigenvalue weighted by Crippen LogP contribution is -2.33. The molecule has 0 bridgehead atoms. The Balaban J connectivity index is 1.67. The van der Waals surface area contributed by atoms with Crippen LogP contribution in [-0.4, -0.2) is 48.3 Å². The van der Waals surface area contributed by atoms with Crippen molar-refractivity contribution >= 4 is 40.4 Å². The maximum atomic E-state index is 13.4. The first-order valence-electron chi connectivity index (χ1n) is 12.2. The number of halogens is 1. The molecular formula is C28H34ClN3O5. The number of benzene rings is 2. The fraction of sp³-hybridized carbons (Fsp3) is 0.393. The zero-order chi connectivity index (χ0) is 27.2. The topological polar surface area (TPSA) is 98.7 Å². The van der Waals surface area contributed by atoms with E-state index < -0.39 is 11.7 Å². The van der Waals surface area contributed by atoms with E-state index in [2.05, 4.69) is 10.6 Å². The van der Waals surface area contributed by atoms with Gasteiger partial charge in [0.1, 0.15) is 11.4 Å². The molecule has 0 fully saturated rings. The number of amides is 2. The van der Waals surface area contributed by atoms with Crippen LogP contribution in [0, 0.1) is 6.92 Å². The summed E-state index contributed by atoms with van der Waals surface area (Å²) in [5, 5.41) is 6.98. The normalized spacial score (nSPS) is 11.3. The van der Waals surface area contributed by atoms with E-state index in [0.717, 1.165) is 10.9 Å². The van der Waals surface area contributed by atoms with E-state index in [1.807, 2.05) is 39.8 Å². The van der Waals surface area contributed by atoms with Gasteiger partial charge in [-0.2, -0.15) is 0 Å². The van der Waals surface area contributed by atoms with Crippen molar-refractivity contribution in [3.8, 4) is 5.75 Å². The van der Waals surface area contributed by atoms with E-state index in [9.17, 15) is 14.4 Å². The van der Waals surface area contributed by atoms with Crippen molar-refractivity contribution in [3.05, 3.63) is 64.3 Å². The zero-order valence-electron chi connectivity index (χ0n) is 21.9. The second kappa shape index (κ2) is 12.1. The van der Waals surface area contributed by atoms with Gasteiger partial charge in [-0.3, -0.25) is 14.2 Å². The molecule has 2 aromatic carbocycles. The minimum atomic E-state index is -0.539. The van der Waals surface area contributed by atoms with Gasteiger partial charge in [0.05, 0.1) is 19.0 Å². The van der Waals surface area contributed by atoms with Gasteiger partial charge in [-0.1, -0.05) is 11.6 Å². The van der Waals surface area contributed by atoms with Gasteiger partial charge in [-0.15, -0.1) is 0 Å². The van der Waals surface area contributed by atoms with E-state index >= 15 is 0 Å². The van der Waals surface area contributed by atoms with Crippen LogP contribution in [0.25, 0.3) is 10.9 Å². The lowest BCUT2D eigenvalue weighted by atomic mass is 10.1. The van der Waals surface area contributed by atoms with Crippen molar-refractivity contribution < 1.29 is 23.9 Å². The Hall–Kier alpha value is -3.52. The molecule has 0 spiro atoms. The van der Waals surface area contributed by atoms with Crippen LogP contribution in [0.5, 0.6) is 5.75 Å². The molecule has 0 aliphatic rings. The number of hydrogen-bond donors (Lipinski definition) is 2. The number of alkyl carbamates (subject to hydrolysis) is 1. The van der Waals surface area contributed by atoms with Crippen molar-refractivity contribution in [2.45, 2.75) is 52.6 Å². The summed E-state index contributed by atoms with van der Waals surface area (Å²) in [5.41, 5.74) is 2.12. The average Bonchev–Trinajstić information content (AvgIpc) is 3.10. The molecule has 2 N–H and O–H groups in total. The first-order chi connectivity index (χ1) is 17.5. The number of rotatable bonds is 9. The molecule has 0 aliphatic carbocycles. The third kappa shape index (κ3) is 7.49. The third-order valence-electron chi connectivity index (χ3n) is 5.77. The van der Waals surface area contributed by atoms with Gasteiger partial charge in [0.2, 0.25) is 5.91 Å². The fourth-order valence-electron chi connectivity index (χ4n) is 4.00. The molecule has 198 valence electrons. The monoisotopic (exact) mass is 527 g/mol. The molecule has 1 heterocycles. The molecule has 3 rings (SSSR count). The van der Waals surface area contributed by atoms with Crippen molar-refractivity contribution in [3.63, 3.8) is 0 Å². The number of ether oxygens (including phenoxy) is 2. The molecule has 0 unspecified atom stereocenters. The molecular weight excluding hydrogens is 494 g/mol. The van der Waals surface area contributed by atoms with Gasteiger partial charge < -0.3 is 20.1 Å². The molecule has 3 aromatic rings. The Kier molecular flexibility index (Phi) is 9.21. The van der Waals surface area contributed by atoms with Crippen LogP contribution in [-0.2, 0) is 16.0 Å². The Morgan fingerprint density at radius 3 is 2.24 bits per heavy atom. The highest BCUT2D eigenvalue weighted by Crippen LogP contribution is 2.31. The summed E-state index contributed by atoms with van der Waals surface area (Å²) in [7, 11) is 1.58. The maximum absolute atomic E-state index is 13.4. The van der Waals surface area contributed by atoms with Gasteiger partial charge in [-0.25, -0.2) is 4.79 Å². The predicted molar refractivity (Wildman–Crippen MR) is 145 cm³/mol. The van der Waals surface area contributed by atoms with Crippen LogP contribution in [0.1, 0.15) is 55.2 Å². The molecule has 9 heteroatoms. The van der Waals surface area contributed by atoms with E-state index in [-0.39, 0.29) is 18.2 Å². The van der Waals surface area contributed by atoms with Gasteiger partial charge in [0.15, 0.2) is 0 Å². The highest BCUT2D eigenvalue weighted by Gasteiger charge is 2.22. The van der Waals surface area contributed by atoms with E-state index in [0.29, 0.717) is 53.5 Å². The number of nitrogens with zero attached hydrogens (tertiary/aromatic N) is 1. The SMILES string of the molecule is COc1ccc2c(c1)c(CC(=O)NCCCCNC(=O)OC(C)(C)C)c(C)n2C(=O)c1ccc(Cl)cc1. The Morgan fingerprint density at radius 2 is 1.62 bits per heavy atom. The first kappa shape index (κ1) is 28.1. The largest absolute Gasteiger partial charge is 0.497 e. The third-order valence-corrected chi connectivity index (χ3v) is 6.02. The lowest BCUT2D eigenvalue weighted by molar-refractivity contribution is -0.120. The quantitative estimate of drug-likeness (QED) is 0.370. The van der Waals surface area contributed by atoms with Crippen molar-refractivity contribution in [2.75, 3.05) is 20.2 Å². The van der Waals surface area contributed by atoms with Crippen LogP contribution < -0.4 is 15.4 Å². The standard InChI is InChI=1S/C28H34ClN3O5/c1-18-22(17-25(33)30-14-6-7-15-31-27(35)37-28(2,3)4)23-16-21(36-5)12-13-24(23)32(18)26(34)19-8-10-20(29)11-9-19/h8-13,16H,6-7,14-15,17H2,1-5H3,(H,30,33)(H,31,35). The van der Waals surface area contributed by atoms with Crippen LogP contribution in [0.15, 0.2) is 42.5 Å². The molecule has 0 aliphatic heterocycles. The number of nitrogens with one attached hydrogen (secondary N) is 2. The number of fused-ring (bicyclic) bond motifs is 1. The molecule has 0 radical (unpaired) electrons. The van der Waals surface area contributed by atoms with Crippen LogP contribution in [0.3, 0.4) is 0 Å². The van der Waals surface area contributed by atoms with Crippen molar-refractivity contribution in [1.82, 2.24) is 15.2 Å². The van der Waals surface area contributed by atoms with Crippen molar-refractivity contribution in [2.24, 2.45) is 0 Å². The maximum Gasteiger partial charge on any atom is 0.407 e. The van der Waals surface area contributed by atoms with Crippen LogP contribution in [0.4, 0.5) is 4.79 Å². The molecule has 0 saturated carbocycles. The summed E-state index contributed by atoms with van der Waals surface area (Å²) in [6.45, 7) is 8.20. The summed E-state index contributed by atoms with van der Waals surface area (Å²) >= 11 is 5.99. The number of hydrogen-bond acceptors (Lipinski definition) is 5.